The van der Waals surface area contributed by atoms with Crippen molar-refractivity contribution >= 4 is 67.1 Å². The zero-order chi connectivity index (χ0) is 45.4. The topological polar surface area (TPSA) is 6.48 Å². The maximum Gasteiger partial charge on any atom is 0.0887 e. The highest BCUT2D eigenvalue weighted by Gasteiger charge is 2.38. The smallest absolute Gasteiger partial charge is 0.0887 e. The number of thiophene rings is 1. The van der Waals surface area contributed by atoms with Gasteiger partial charge in [0.2, 0.25) is 0 Å². The first-order chi connectivity index (χ1) is 30.9. The molecule has 2 nitrogen and oxygen atoms in total. The van der Waals surface area contributed by atoms with E-state index in [0.717, 1.165) is 61.3 Å². The van der Waals surface area contributed by atoms with Gasteiger partial charge in [0, 0.05) is 32.5 Å². The number of rotatable bonds is 21. The van der Waals surface area contributed by atoms with Gasteiger partial charge in [-0.1, -0.05) is 136 Å². The number of aryl methyl sites for hydroxylation is 5. The zero-order valence-corrected chi connectivity index (χ0v) is 42.5. The minimum absolute atomic E-state index is 0.0619. The molecule has 0 saturated carbocycles. The molecule has 340 valence electrons. The van der Waals surface area contributed by atoms with Crippen LogP contribution >= 0.6 is 22.9 Å². The van der Waals surface area contributed by atoms with Crippen molar-refractivity contribution in [2.24, 2.45) is 0 Å². The van der Waals surface area contributed by atoms with Crippen LogP contribution < -0.4 is 9.80 Å². The summed E-state index contributed by atoms with van der Waals surface area (Å²) >= 11 is 10.1. The number of fused-ring (bicyclic) bond motifs is 2. The molecule has 0 atom stereocenters. The summed E-state index contributed by atoms with van der Waals surface area (Å²) in [5, 5.41) is 4.48. The van der Waals surface area contributed by atoms with E-state index in [1.54, 1.807) is 0 Å². The third-order valence-corrected chi connectivity index (χ3v) is 15.4. The van der Waals surface area contributed by atoms with Gasteiger partial charge < -0.3 is 9.80 Å². The van der Waals surface area contributed by atoms with Crippen LogP contribution in [0.5, 0.6) is 0 Å². The number of anilines is 6. The highest BCUT2D eigenvalue weighted by atomic mass is 35.5. The second kappa shape index (κ2) is 21.5. The molecule has 0 fully saturated rings. The number of unbranched alkanes of at least 4 members (excludes halogenated alkanes) is 5. The van der Waals surface area contributed by atoms with Crippen LogP contribution in [0.4, 0.5) is 34.1 Å². The summed E-state index contributed by atoms with van der Waals surface area (Å²) in [7, 11) is 0. The van der Waals surface area contributed by atoms with E-state index in [1.807, 2.05) is 11.3 Å². The van der Waals surface area contributed by atoms with Crippen molar-refractivity contribution in [3.05, 3.63) is 140 Å². The van der Waals surface area contributed by atoms with E-state index in [9.17, 15) is 0 Å². The van der Waals surface area contributed by atoms with Crippen molar-refractivity contribution in [2.75, 3.05) is 9.80 Å². The minimum atomic E-state index is 0.0619. The van der Waals surface area contributed by atoms with E-state index < -0.39 is 0 Å². The summed E-state index contributed by atoms with van der Waals surface area (Å²) in [5.74, 6) is 0. The molecule has 5 aromatic carbocycles. The van der Waals surface area contributed by atoms with Crippen molar-refractivity contribution in [1.29, 1.82) is 0 Å². The van der Waals surface area contributed by atoms with Crippen LogP contribution in [0.25, 0.3) is 10.1 Å². The fourth-order valence-corrected chi connectivity index (χ4v) is 11.2. The molecule has 0 amide bonds. The van der Waals surface area contributed by atoms with Crippen LogP contribution in [0.1, 0.15) is 178 Å². The molecule has 1 aliphatic rings. The van der Waals surface area contributed by atoms with Gasteiger partial charge in [-0.15, -0.1) is 11.3 Å². The molecule has 0 aliphatic heterocycles. The molecule has 0 radical (unpaired) electrons. The first-order valence-electron chi connectivity index (χ1n) is 25.2. The first kappa shape index (κ1) is 47.9. The van der Waals surface area contributed by atoms with Crippen LogP contribution in [0, 0.1) is 0 Å². The van der Waals surface area contributed by atoms with Gasteiger partial charge in [0.05, 0.1) is 22.1 Å². The first-order valence-corrected chi connectivity index (χ1v) is 26.5. The van der Waals surface area contributed by atoms with Gasteiger partial charge >= 0.3 is 0 Å². The second-order valence-electron chi connectivity index (χ2n) is 20.3. The summed E-state index contributed by atoms with van der Waals surface area (Å²) < 4.78 is 1.31. The maximum absolute atomic E-state index is 8.26. The normalized spacial score (nSPS) is 14.2. The molecule has 7 rings (SSSR count). The molecule has 1 aliphatic carbocycles. The van der Waals surface area contributed by atoms with Gasteiger partial charge in [-0.25, -0.2) is 0 Å². The number of halogens is 1. The number of nitrogens with zero attached hydrogens (tertiary/aromatic N) is 2. The zero-order valence-electron chi connectivity index (χ0n) is 40.9. The fourth-order valence-electron chi connectivity index (χ4n) is 9.98. The van der Waals surface area contributed by atoms with Gasteiger partial charge in [-0.05, 0) is 187 Å². The molecule has 1 aromatic heterocycles. The van der Waals surface area contributed by atoms with Gasteiger partial charge in [-0.3, -0.25) is 0 Å². The van der Waals surface area contributed by atoms with Gasteiger partial charge in [0.25, 0.3) is 0 Å². The van der Waals surface area contributed by atoms with E-state index in [0.29, 0.717) is 0 Å². The Labute approximate surface area is 397 Å². The van der Waals surface area contributed by atoms with Gasteiger partial charge in [-0.2, -0.15) is 0 Å². The molecule has 1 heterocycles. The Morgan fingerprint density at radius 1 is 0.469 bits per heavy atom. The Morgan fingerprint density at radius 2 is 0.969 bits per heavy atom. The van der Waals surface area contributed by atoms with Crippen LogP contribution in [0.2, 0.25) is 5.02 Å². The average molecular weight is 894 g/mol. The van der Waals surface area contributed by atoms with Crippen molar-refractivity contribution < 1.29 is 0 Å². The molecular weight excluding hydrogens is 816 g/mol. The molecule has 4 heteroatoms. The van der Waals surface area contributed by atoms with E-state index in [1.165, 1.54) is 136 Å². The van der Waals surface area contributed by atoms with E-state index in [2.05, 4.69) is 168 Å². The number of hydrogen-bond acceptors (Lipinski definition) is 3. The Bertz CT molecular complexity index is 2460. The summed E-state index contributed by atoms with van der Waals surface area (Å²) in [6.07, 6.45) is 19.3. The van der Waals surface area contributed by atoms with Gasteiger partial charge in [0.15, 0.2) is 0 Å². The number of benzene rings is 5. The number of hydrogen-bond donors (Lipinski definition) is 0. The predicted octanol–water partition coefficient (Wildman–Crippen LogP) is 19.6. The van der Waals surface area contributed by atoms with Crippen LogP contribution in [-0.4, -0.2) is 0 Å². The third kappa shape index (κ3) is 10.8. The predicted molar refractivity (Wildman–Crippen MR) is 285 cm³/mol. The summed E-state index contributed by atoms with van der Waals surface area (Å²) in [4.78, 5) is 5.06. The van der Waals surface area contributed by atoms with E-state index >= 15 is 0 Å². The SMILES string of the molecule is CCCCc1cccc(N(c2cc(CCCC)cc(CCCC)c2)c2cc(CCCC)cc(N(c3ccc4c(c3)C(C)(C)CCC4(C)C)c3csc4ccc(CCCC)cc34)c2Cl)c1. The van der Waals surface area contributed by atoms with Crippen molar-refractivity contribution in [1.82, 2.24) is 0 Å². The molecule has 6 aromatic rings. The lowest BCUT2D eigenvalue weighted by atomic mass is 9.63. The Balaban J connectivity index is 1.54. The Kier molecular flexibility index (Phi) is 16.1. The van der Waals surface area contributed by atoms with Crippen molar-refractivity contribution in [3.63, 3.8) is 0 Å². The molecular formula is C60H77ClN2S. The largest absolute Gasteiger partial charge is 0.309 e. The quantitative estimate of drug-likeness (QED) is 0.0710. The summed E-state index contributed by atoms with van der Waals surface area (Å²) in [6, 6.07) is 36.1. The monoisotopic (exact) mass is 893 g/mol. The highest BCUT2D eigenvalue weighted by Crippen LogP contribution is 2.53. The molecule has 0 saturated heterocycles. The standard InChI is InChI=1S/C60H77ClN2S/c1-10-15-21-43-26-20-27-48(35-43)62(50-36-45(23-17-12-3)34-46(37-50)24-18-13-4)54-39-47(25-19-14-5)40-55(58(54)61)63(56-42-64-57-31-28-44(22-16-11-2)38-51(56)57)49-29-30-52-53(41-49)60(8,9)33-32-59(52,6)7/h20,26-31,34-42H,10-19,21-25,32-33H2,1-9H3. The molecule has 0 spiro atoms. The summed E-state index contributed by atoms with van der Waals surface area (Å²) in [6.45, 7) is 21.2. The van der Waals surface area contributed by atoms with Crippen molar-refractivity contribution in [2.45, 2.75) is 182 Å². The lowest BCUT2D eigenvalue weighted by Gasteiger charge is -2.42. The van der Waals surface area contributed by atoms with E-state index in [4.69, 9.17) is 11.6 Å². The van der Waals surface area contributed by atoms with Crippen LogP contribution in [0.15, 0.2) is 96.4 Å². The Hall–Kier alpha value is -4.05. The molecule has 64 heavy (non-hydrogen) atoms. The second-order valence-corrected chi connectivity index (χ2v) is 21.6. The highest BCUT2D eigenvalue weighted by molar-refractivity contribution is 7.17. The average Bonchev–Trinajstić information content (AvgIpc) is 3.71. The summed E-state index contributed by atoms with van der Waals surface area (Å²) in [5.41, 5.74) is 16.9. The molecule has 0 bridgehead atoms. The molecule has 0 unspecified atom stereocenters. The lowest BCUT2D eigenvalue weighted by Crippen LogP contribution is -2.34. The minimum Gasteiger partial charge on any atom is -0.309 e. The third-order valence-electron chi connectivity index (χ3n) is 14.1. The van der Waals surface area contributed by atoms with Crippen molar-refractivity contribution in [3.8, 4) is 0 Å². The van der Waals surface area contributed by atoms with E-state index in [-0.39, 0.29) is 10.8 Å². The van der Waals surface area contributed by atoms with Gasteiger partial charge in [0.1, 0.15) is 0 Å². The maximum atomic E-state index is 8.26. The fraction of sp³-hybridized carbons (Fsp3) is 0.467. The van der Waals surface area contributed by atoms with Crippen LogP contribution in [0.3, 0.4) is 0 Å². The molecule has 0 N–H and O–H groups in total. The Morgan fingerprint density at radius 3 is 1.56 bits per heavy atom. The van der Waals surface area contributed by atoms with Crippen LogP contribution in [-0.2, 0) is 42.9 Å². The lowest BCUT2D eigenvalue weighted by molar-refractivity contribution is 0.332.